The number of piperidine rings is 1. The molecule has 1 fully saturated rings. The van der Waals surface area contributed by atoms with Gasteiger partial charge in [0.1, 0.15) is 11.9 Å². The van der Waals surface area contributed by atoms with Gasteiger partial charge >= 0.3 is 0 Å². The molecule has 0 aliphatic carbocycles. The number of amides is 1. The third-order valence-corrected chi connectivity index (χ3v) is 2.98. The van der Waals surface area contributed by atoms with Crippen LogP contribution in [0.1, 0.15) is 30.4 Å². The minimum absolute atomic E-state index is 0.0342. The van der Waals surface area contributed by atoms with Crippen molar-refractivity contribution in [2.24, 2.45) is 0 Å². The first kappa shape index (κ1) is 11.6. The van der Waals surface area contributed by atoms with E-state index < -0.39 is 5.82 Å². The highest BCUT2D eigenvalue weighted by Gasteiger charge is 2.19. The lowest BCUT2D eigenvalue weighted by molar-refractivity contribution is -0.133. The molecule has 1 aliphatic heterocycles. The molecule has 1 heterocycles. The van der Waals surface area contributed by atoms with Crippen molar-refractivity contribution in [3.05, 3.63) is 35.1 Å². The van der Waals surface area contributed by atoms with E-state index in [1.54, 1.807) is 23.1 Å². The molecule has 17 heavy (non-hydrogen) atoms. The zero-order valence-corrected chi connectivity index (χ0v) is 9.45. The van der Waals surface area contributed by atoms with Gasteiger partial charge in [-0.1, -0.05) is 12.1 Å². The van der Waals surface area contributed by atoms with E-state index in [1.807, 2.05) is 0 Å². The standard InChI is InChI=1S/C13H13FN2O/c14-13-10(8-15)4-3-5-11(13)9-16-7-2-1-6-12(16)17/h3-5H,1-2,6-7,9H2. The fraction of sp³-hybridized carbons (Fsp3) is 0.385. The normalized spacial score (nSPS) is 15.8. The Morgan fingerprint density at radius 3 is 2.94 bits per heavy atom. The largest absolute Gasteiger partial charge is 0.338 e. The molecule has 0 aromatic heterocycles. The van der Waals surface area contributed by atoms with Crippen LogP contribution in [0.2, 0.25) is 0 Å². The van der Waals surface area contributed by atoms with Crippen LogP contribution in [0, 0.1) is 17.1 Å². The number of nitrogens with zero attached hydrogens (tertiary/aromatic N) is 2. The van der Waals surface area contributed by atoms with Gasteiger partial charge in [-0.15, -0.1) is 0 Å². The molecule has 0 bridgehead atoms. The number of benzene rings is 1. The lowest BCUT2D eigenvalue weighted by Gasteiger charge is -2.26. The Labute approximate surface area is 99.5 Å². The summed E-state index contributed by atoms with van der Waals surface area (Å²) in [6.45, 7) is 0.940. The maximum Gasteiger partial charge on any atom is 0.222 e. The first-order valence-electron chi connectivity index (χ1n) is 5.67. The Balaban J connectivity index is 2.18. The van der Waals surface area contributed by atoms with Gasteiger partial charge in [0.25, 0.3) is 0 Å². The minimum Gasteiger partial charge on any atom is -0.338 e. The van der Waals surface area contributed by atoms with Gasteiger partial charge in [0.05, 0.1) is 5.56 Å². The lowest BCUT2D eigenvalue weighted by atomic mass is 10.1. The first-order valence-corrected chi connectivity index (χ1v) is 5.67. The van der Waals surface area contributed by atoms with Crippen LogP contribution >= 0.6 is 0 Å². The fourth-order valence-electron chi connectivity index (χ4n) is 2.02. The van der Waals surface area contributed by atoms with Gasteiger partial charge in [0.15, 0.2) is 0 Å². The predicted octanol–water partition coefficient (Wildman–Crippen LogP) is 2.21. The van der Waals surface area contributed by atoms with Crippen LogP contribution in [-0.4, -0.2) is 17.4 Å². The number of carbonyl (C=O) groups excluding carboxylic acids is 1. The van der Waals surface area contributed by atoms with Crippen LogP contribution in [-0.2, 0) is 11.3 Å². The summed E-state index contributed by atoms with van der Waals surface area (Å²) in [4.78, 5) is 13.3. The summed E-state index contributed by atoms with van der Waals surface area (Å²) in [5.41, 5.74) is 0.450. The molecule has 0 N–H and O–H groups in total. The molecule has 0 spiro atoms. The highest BCUT2D eigenvalue weighted by molar-refractivity contribution is 5.76. The first-order chi connectivity index (χ1) is 8.22. The van der Waals surface area contributed by atoms with E-state index in [0.717, 1.165) is 12.8 Å². The molecule has 1 amide bonds. The van der Waals surface area contributed by atoms with Crippen LogP contribution < -0.4 is 0 Å². The van der Waals surface area contributed by atoms with Crippen molar-refractivity contribution in [1.29, 1.82) is 5.26 Å². The molecule has 1 aromatic rings. The highest BCUT2D eigenvalue weighted by atomic mass is 19.1. The van der Waals surface area contributed by atoms with E-state index in [-0.39, 0.29) is 18.0 Å². The summed E-state index contributed by atoms with van der Waals surface area (Å²) in [6.07, 6.45) is 2.42. The van der Waals surface area contributed by atoms with Crippen LogP contribution in [0.5, 0.6) is 0 Å². The SMILES string of the molecule is N#Cc1cccc(CN2CCCCC2=O)c1F. The monoisotopic (exact) mass is 232 g/mol. The van der Waals surface area contributed by atoms with Crippen molar-refractivity contribution in [3.8, 4) is 6.07 Å². The summed E-state index contributed by atoms with van der Waals surface area (Å²) < 4.78 is 13.8. The van der Waals surface area contributed by atoms with Crippen molar-refractivity contribution in [2.75, 3.05) is 6.54 Å². The second kappa shape index (κ2) is 4.96. The maximum atomic E-state index is 13.8. The van der Waals surface area contributed by atoms with E-state index in [0.29, 0.717) is 18.5 Å². The minimum atomic E-state index is -0.506. The van der Waals surface area contributed by atoms with Crippen LogP contribution in [0.4, 0.5) is 4.39 Å². The molecule has 1 aromatic carbocycles. The lowest BCUT2D eigenvalue weighted by Crippen LogP contribution is -2.34. The number of likely N-dealkylation sites (tertiary alicyclic amines) is 1. The number of carbonyl (C=O) groups is 1. The molecule has 1 aliphatic rings. The Bertz CT molecular complexity index is 479. The predicted molar refractivity (Wildman–Crippen MR) is 60.4 cm³/mol. The number of hydrogen-bond donors (Lipinski definition) is 0. The molecule has 4 heteroatoms. The number of rotatable bonds is 2. The number of nitriles is 1. The van der Waals surface area contributed by atoms with E-state index >= 15 is 0 Å². The van der Waals surface area contributed by atoms with Crippen molar-refractivity contribution in [2.45, 2.75) is 25.8 Å². The number of hydrogen-bond acceptors (Lipinski definition) is 2. The summed E-state index contributed by atoms with van der Waals surface area (Å²) in [5.74, 6) is -0.439. The third kappa shape index (κ3) is 2.44. The van der Waals surface area contributed by atoms with Gasteiger partial charge in [0.2, 0.25) is 5.91 Å². The van der Waals surface area contributed by atoms with Crippen molar-refractivity contribution in [1.82, 2.24) is 4.90 Å². The molecule has 88 valence electrons. The molecule has 0 atom stereocenters. The summed E-state index contributed by atoms with van der Waals surface area (Å²) in [6, 6.07) is 6.51. The van der Waals surface area contributed by atoms with Crippen LogP contribution in [0.25, 0.3) is 0 Å². The Morgan fingerprint density at radius 2 is 2.24 bits per heavy atom. The van der Waals surface area contributed by atoms with Gasteiger partial charge in [-0.05, 0) is 18.9 Å². The van der Waals surface area contributed by atoms with Crippen LogP contribution in [0.15, 0.2) is 18.2 Å². The van der Waals surface area contributed by atoms with Crippen molar-refractivity contribution >= 4 is 5.91 Å². The third-order valence-electron chi connectivity index (χ3n) is 2.98. The molecule has 2 rings (SSSR count). The second-order valence-electron chi connectivity index (χ2n) is 4.16. The molecule has 1 saturated heterocycles. The average molecular weight is 232 g/mol. The van der Waals surface area contributed by atoms with E-state index in [4.69, 9.17) is 5.26 Å². The molecule has 0 saturated carbocycles. The smallest absolute Gasteiger partial charge is 0.222 e. The van der Waals surface area contributed by atoms with E-state index in [9.17, 15) is 9.18 Å². The van der Waals surface area contributed by atoms with Crippen molar-refractivity contribution < 1.29 is 9.18 Å². The maximum absolute atomic E-state index is 13.8. The Kier molecular flexibility index (Phi) is 3.38. The molecule has 3 nitrogen and oxygen atoms in total. The zero-order chi connectivity index (χ0) is 12.3. The molecular weight excluding hydrogens is 219 g/mol. The van der Waals surface area contributed by atoms with E-state index in [1.165, 1.54) is 6.07 Å². The summed E-state index contributed by atoms with van der Waals surface area (Å²) in [7, 11) is 0. The van der Waals surface area contributed by atoms with Gasteiger partial charge in [0, 0.05) is 25.1 Å². The number of halogens is 1. The topological polar surface area (TPSA) is 44.1 Å². The molecular formula is C13H13FN2O. The quantitative estimate of drug-likeness (QED) is 0.784. The summed E-state index contributed by atoms with van der Waals surface area (Å²) in [5, 5.41) is 8.73. The Hall–Kier alpha value is -1.89. The fourth-order valence-corrected chi connectivity index (χ4v) is 2.02. The van der Waals surface area contributed by atoms with Crippen LogP contribution in [0.3, 0.4) is 0 Å². The zero-order valence-electron chi connectivity index (χ0n) is 9.45. The van der Waals surface area contributed by atoms with Gasteiger partial charge in [-0.3, -0.25) is 4.79 Å². The van der Waals surface area contributed by atoms with Gasteiger partial charge in [-0.25, -0.2) is 4.39 Å². The van der Waals surface area contributed by atoms with Gasteiger partial charge < -0.3 is 4.90 Å². The average Bonchev–Trinajstić information content (AvgIpc) is 2.34. The van der Waals surface area contributed by atoms with E-state index in [2.05, 4.69) is 0 Å². The summed E-state index contributed by atoms with van der Waals surface area (Å²) >= 11 is 0. The van der Waals surface area contributed by atoms with Crippen molar-refractivity contribution in [3.63, 3.8) is 0 Å². The van der Waals surface area contributed by atoms with Gasteiger partial charge in [-0.2, -0.15) is 5.26 Å². The molecule has 0 unspecified atom stereocenters. The Morgan fingerprint density at radius 1 is 1.41 bits per heavy atom. The second-order valence-corrected chi connectivity index (χ2v) is 4.16. The molecule has 0 radical (unpaired) electrons. The highest BCUT2D eigenvalue weighted by Crippen LogP contribution is 2.18.